The topological polar surface area (TPSA) is 61.4 Å². The van der Waals surface area contributed by atoms with Crippen molar-refractivity contribution >= 4 is 6.09 Å². The molecule has 2 atom stereocenters. The van der Waals surface area contributed by atoms with E-state index < -0.39 is 6.09 Å². The Hall–Kier alpha value is -0.770. The summed E-state index contributed by atoms with van der Waals surface area (Å²) in [7, 11) is 0. The number of hydrogen-bond acceptors (Lipinski definition) is 2. The zero-order valence-corrected chi connectivity index (χ0v) is 5.55. The molecule has 1 aliphatic heterocycles. The van der Waals surface area contributed by atoms with Crippen LogP contribution in [0.15, 0.2) is 0 Å². The van der Waals surface area contributed by atoms with Gasteiger partial charge in [0.15, 0.2) is 0 Å². The molecular formula is C6H10N2O2. The van der Waals surface area contributed by atoms with Crippen molar-refractivity contribution in [2.45, 2.75) is 12.0 Å². The standard InChI is InChI=1S/C6H10N2O2/c9-5(10)8-6-1-4(6)2-7-3-6/h4,7-8H,1-3H2,(H,9,10)/t4?,6-/m0/s1. The summed E-state index contributed by atoms with van der Waals surface area (Å²) < 4.78 is 0. The maximum atomic E-state index is 10.2. The first kappa shape index (κ1) is 5.97. The van der Waals surface area contributed by atoms with Crippen LogP contribution in [-0.4, -0.2) is 29.8 Å². The number of piperidine rings is 1. The molecule has 4 heteroatoms. The zero-order valence-electron chi connectivity index (χ0n) is 5.55. The van der Waals surface area contributed by atoms with Gasteiger partial charge in [0.25, 0.3) is 0 Å². The Labute approximate surface area is 58.6 Å². The quantitative estimate of drug-likeness (QED) is 0.467. The lowest BCUT2D eigenvalue weighted by molar-refractivity contribution is 0.188. The van der Waals surface area contributed by atoms with E-state index in [0.29, 0.717) is 5.92 Å². The summed E-state index contributed by atoms with van der Waals surface area (Å²) in [6.07, 6.45) is 0.123. The first-order chi connectivity index (χ1) is 4.73. The minimum absolute atomic E-state index is 0.0775. The Balaban J connectivity index is 1.99. The molecule has 0 aromatic heterocycles. The molecule has 1 heterocycles. The highest BCUT2D eigenvalue weighted by Gasteiger charge is 2.58. The molecule has 1 amide bonds. The molecule has 0 bridgehead atoms. The molecule has 1 saturated heterocycles. The predicted octanol–water partition coefficient (Wildman–Crippen LogP) is -0.384. The van der Waals surface area contributed by atoms with Crippen molar-refractivity contribution in [2.24, 2.45) is 5.92 Å². The van der Waals surface area contributed by atoms with Crippen LogP contribution in [0.4, 0.5) is 4.79 Å². The van der Waals surface area contributed by atoms with E-state index >= 15 is 0 Å². The van der Waals surface area contributed by atoms with Gasteiger partial charge in [-0.25, -0.2) is 4.79 Å². The molecule has 1 unspecified atom stereocenters. The van der Waals surface area contributed by atoms with Crippen molar-refractivity contribution in [3.8, 4) is 0 Å². The molecular weight excluding hydrogens is 132 g/mol. The highest BCUT2D eigenvalue weighted by atomic mass is 16.4. The summed E-state index contributed by atoms with van der Waals surface area (Å²) in [6.45, 7) is 1.78. The van der Waals surface area contributed by atoms with Crippen molar-refractivity contribution in [3.05, 3.63) is 0 Å². The van der Waals surface area contributed by atoms with Gasteiger partial charge in [0, 0.05) is 13.1 Å². The monoisotopic (exact) mass is 142 g/mol. The predicted molar refractivity (Wildman–Crippen MR) is 34.9 cm³/mol. The highest BCUT2D eigenvalue weighted by Crippen LogP contribution is 2.45. The van der Waals surface area contributed by atoms with Crippen LogP contribution in [-0.2, 0) is 0 Å². The average molecular weight is 142 g/mol. The van der Waals surface area contributed by atoms with Gasteiger partial charge in [-0.2, -0.15) is 0 Å². The van der Waals surface area contributed by atoms with Gasteiger partial charge in [0.2, 0.25) is 0 Å². The number of carbonyl (C=O) groups is 1. The lowest BCUT2D eigenvalue weighted by Crippen LogP contribution is -2.40. The van der Waals surface area contributed by atoms with Gasteiger partial charge >= 0.3 is 6.09 Å². The Morgan fingerprint density at radius 3 is 3.00 bits per heavy atom. The van der Waals surface area contributed by atoms with Crippen molar-refractivity contribution in [2.75, 3.05) is 13.1 Å². The van der Waals surface area contributed by atoms with E-state index in [0.717, 1.165) is 19.5 Å². The van der Waals surface area contributed by atoms with E-state index in [2.05, 4.69) is 10.6 Å². The Bertz CT molecular complexity index is 183. The van der Waals surface area contributed by atoms with Crippen LogP contribution in [0.1, 0.15) is 6.42 Å². The third kappa shape index (κ3) is 0.686. The zero-order chi connectivity index (χ0) is 7.19. The first-order valence-electron chi connectivity index (χ1n) is 3.45. The summed E-state index contributed by atoms with van der Waals surface area (Å²) in [5.41, 5.74) is -0.0775. The number of hydrogen-bond donors (Lipinski definition) is 3. The third-order valence-corrected chi connectivity index (χ3v) is 2.42. The van der Waals surface area contributed by atoms with Crippen molar-refractivity contribution in [3.63, 3.8) is 0 Å². The fraction of sp³-hybridized carbons (Fsp3) is 0.833. The van der Waals surface area contributed by atoms with Crippen LogP contribution in [0.3, 0.4) is 0 Å². The summed E-state index contributed by atoms with van der Waals surface area (Å²) in [4.78, 5) is 10.2. The molecule has 0 aromatic rings. The van der Waals surface area contributed by atoms with Gasteiger partial charge in [-0.3, -0.25) is 0 Å². The number of carboxylic acid groups (broad SMARTS) is 1. The van der Waals surface area contributed by atoms with Crippen LogP contribution in [0, 0.1) is 5.92 Å². The molecule has 2 fully saturated rings. The van der Waals surface area contributed by atoms with E-state index in [-0.39, 0.29) is 5.54 Å². The molecule has 10 heavy (non-hydrogen) atoms. The molecule has 56 valence electrons. The van der Waals surface area contributed by atoms with Gasteiger partial charge in [0.05, 0.1) is 5.54 Å². The molecule has 2 rings (SSSR count). The largest absolute Gasteiger partial charge is 0.465 e. The first-order valence-corrected chi connectivity index (χ1v) is 3.45. The number of amides is 1. The fourth-order valence-corrected chi connectivity index (χ4v) is 1.74. The van der Waals surface area contributed by atoms with Crippen LogP contribution >= 0.6 is 0 Å². The van der Waals surface area contributed by atoms with Crippen molar-refractivity contribution in [1.29, 1.82) is 0 Å². The molecule has 0 aromatic carbocycles. The van der Waals surface area contributed by atoms with Crippen molar-refractivity contribution in [1.82, 2.24) is 10.6 Å². The summed E-state index contributed by atoms with van der Waals surface area (Å²) in [5, 5.41) is 14.1. The van der Waals surface area contributed by atoms with Crippen molar-refractivity contribution < 1.29 is 9.90 Å². The molecule has 1 saturated carbocycles. The molecule has 1 aliphatic carbocycles. The normalized spacial score (nSPS) is 42.6. The smallest absolute Gasteiger partial charge is 0.405 e. The van der Waals surface area contributed by atoms with Gasteiger partial charge in [-0.05, 0) is 12.3 Å². The average Bonchev–Trinajstić information content (AvgIpc) is 2.33. The second-order valence-corrected chi connectivity index (χ2v) is 3.12. The van der Waals surface area contributed by atoms with Gasteiger partial charge < -0.3 is 15.7 Å². The minimum atomic E-state index is -0.897. The Kier molecular flexibility index (Phi) is 0.976. The third-order valence-electron chi connectivity index (χ3n) is 2.42. The number of fused-ring (bicyclic) bond motifs is 1. The summed E-state index contributed by atoms with van der Waals surface area (Å²) >= 11 is 0. The molecule has 3 N–H and O–H groups in total. The lowest BCUT2D eigenvalue weighted by atomic mass is 10.2. The molecule has 0 spiro atoms. The molecule has 0 radical (unpaired) electrons. The van der Waals surface area contributed by atoms with Crippen LogP contribution in [0.25, 0.3) is 0 Å². The lowest BCUT2D eigenvalue weighted by Gasteiger charge is -2.09. The van der Waals surface area contributed by atoms with Gasteiger partial charge in [0.1, 0.15) is 0 Å². The minimum Gasteiger partial charge on any atom is -0.465 e. The van der Waals surface area contributed by atoms with Gasteiger partial charge in [-0.1, -0.05) is 0 Å². The fourth-order valence-electron chi connectivity index (χ4n) is 1.74. The SMILES string of the molecule is O=C(O)N[C@@]12CNCC1C2. The molecule has 4 nitrogen and oxygen atoms in total. The van der Waals surface area contributed by atoms with E-state index in [1.54, 1.807) is 0 Å². The van der Waals surface area contributed by atoms with E-state index in [4.69, 9.17) is 5.11 Å². The second kappa shape index (κ2) is 1.63. The molecule has 2 aliphatic rings. The van der Waals surface area contributed by atoms with Crippen LogP contribution in [0.5, 0.6) is 0 Å². The van der Waals surface area contributed by atoms with E-state index in [9.17, 15) is 4.79 Å². The second-order valence-electron chi connectivity index (χ2n) is 3.12. The Morgan fingerprint density at radius 1 is 1.80 bits per heavy atom. The summed E-state index contributed by atoms with van der Waals surface area (Å²) in [5.74, 6) is 0.559. The highest BCUT2D eigenvalue weighted by molar-refractivity contribution is 5.66. The van der Waals surface area contributed by atoms with Crippen LogP contribution < -0.4 is 10.6 Å². The summed E-state index contributed by atoms with van der Waals surface area (Å²) in [6, 6.07) is 0. The van der Waals surface area contributed by atoms with E-state index in [1.165, 1.54) is 0 Å². The van der Waals surface area contributed by atoms with Gasteiger partial charge in [-0.15, -0.1) is 0 Å². The maximum Gasteiger partial charge on any atom is 0.405 e. The van der Waals surface area contributed by atoms with Crippen LogP contribution in [0.2, 0.25) is 0 Å². The number of rotatable bonds is 1. The maximum absolute atomic E-state index is 10.2. The Morgan fingerprint density at radius 2 is 2.60 bits per heavy atom. The number of nitrogens with one attached hydrogen (secondary N) is 2. The van der Waals surface area contributed by atoms with E-state index in [1.807, 2.05) is 0 Å².